The molecule has 14 heavy (non-hydrogen) atoms. The number of hydrogen-bond acceptors (Lipinski definition) is 1. The molecule has 0 spiro atoms. The molecule has 1 atom stereocenters. The van der Waals surface area contributed by atoms with E-state index in [0.29, 0.717) is 0 Å². The fourth-order valence-electron chi connectivity index (χ4n) is 1.29. The standard InChI is InChI=1S/C10H12F3N/c1-2-10(13,6-14)8-5-7(11)3-4-9(8)12/h3-5H,2,6,14H2,1H3. The monoisotopic (exact) mass is 203 g/mol. The van der Waals surface area contributed by atoms with Crippen molar-refractivity contribution in [2.24, 2.45) is 5.73 Å². The van der Waals surface area contributed by atoms with Crippen LogP contribution in [0.5, 0.6) is 0 Å². The van der Waals surface area contributed by atoms with E-state index in [0.717, 1.165) is 18.2 Å². The van der Waals surface area contributed by atoms with E-state index in [4.69, 9.17) is 5.73 Å². The summed E-state index contributed by atoms with van der Waals surface area (Å²) in [5.41, 5.74) is 2.92. The largest absolute Gasteiger partial charge is 0.327 e. The maximum Gasteiger partial charge on any atom is 0.150 e. The topological polar surface area (TPSA) is 26.0 Å². The Morgan fingerprint density at radius 2 is 2.00 bits per heavy atom. The highest BCUT2D eigenvalue weighted by Crippen LogP contribution is 2.30. The van der Waals surface area contributed by atoms with Crippen molar-refractivity contribution in [2.45, 2.75) is 19.0 Å². The van der Waals surface area contributed by atoms with Gasteiger partial charge in [-0.05, 0) is 24.6 Å². The zero-order valence-corrected chi connectivity index (χ0v) is 7.86. The van der Waals surface area contributed by atoms with Gasteiger partial charge in [0.2, 0.25) is 0 Å². The molecule has 1 aromatic rings. The summed E-state index contributed by atoms with van der Waals surface area (Å²) in [5, 5.41) is 0. The predicted octanol–water partition coefficient (Wildman–Crippen LogP) is 2.50. The molecule has 0 aliphatic heterocycles. The fourth-order valence-corrected chi connectivity index (χ4v) is 1.29. The molecule has 1 nitrogen and oxygen atoms in total. The number of benzene rings is 1. The van der Waals surface area contributed by atoms with Crippen LogP contribution in [0.4, 0.5) is 13.2 Å². The summed E-state index contributed by atoms with van der Waals surface area (Å²) in [5.74, 6) is -1.42. The number of alkyl halides is 1. The van der Waals surface area contributed by atoms with Gasteiger partial charge in [-0.1, -0.05) is 6.92 Å². The molecule has 0 fully saturated rings. The van der Waals surface area contributed by atoms with Gasteiger partial charge in [-0.15, -0.1) is 0 Å². The van der Waals surface area contributed by atoms with Crippen LogP contribution in [0.2, 0.25) is 0 Å². The second kappa shape index (κ2) is 4.00. The fraction of sp³-hybridized carbons (Fsp3) is 0.400. The Bertz CT molecular complexity index is 321. The van der Waals surface area contributed by atoms with Crippen LogP contribution in [0.25, 0.3) is 0 Å². The lowest BCUT2D eigenvalue weighted by atomic mass is 9.92. The summed E-state index contributed by atoms with van der Waals surface area (Å²) in [6, 6.07) is 2.71. The molecule has 0 radical (unpaired) electrons. The average molecular weight is 203 g/mol. The molecule has 1 aromatic carbocycles. The van der Waals surface area contributed by atoms with E-state index in [2.05, 4.69) is 0 Å². The quantitative estimate of drug-likeness (QED) is 0.802. The maximum atomic E-state index is 13.9. The second-order valence-electron chi connectivity index (χ2n) is 3.15. The second-order valence-corrected chi connectivity index (χ2v) is 3.15. The van der Waals surface area contributed by atoms with Crippen molar-refractivity contribution in [3.8, 4) is 0 Å². The molecule has 2 N–H and O–H groups in total. The molecule has 0 aliphatic carbocycles. The molecule has 0 saturated heterocycles. The number of nitrogens with two attached hydrogens (primary N) is 1. The van der Waals surface area contributed by atoms with Crippen molar-refractivity contribution in [1.29, 1.82) is 0 Å². The van der Waals surface area contributed by atoms with E-state index in [1.54, 1.807) is 0 Å². The van der Waals surface area contributed by atoms with Crippen LogP contribution < -0.4 is 5.73 Å². The molecule has 78 valence electrons. The summed E-state index contributed by atoms with van der Waals surface area (Å²) in [4.78, 5) is 0. The molecule has 0 saturated carbocycles. The third-order valence-corrected chi connectivity index (χ3v) is 2.30. The number of hydrogen-bond donors (Lipinski definition) is 1. The zero-order chi connectivity index (χ0) is 10.8. The van der Waals surface area contributed by atoms with Crippen molar-refractivity contribution in [3.63, 3.8) is 0 Å². The zero-order valence-electron chi connectivity index (χ0n) is 7.86. The van der Waals surface area contributed by atoms with Gasteiger partial charge in [0.25, 0.3) is 0 Å². The van der Waals surface area contributed by atoms with Crippen LogP contribution in [-0.4, -0.2) is 6.54 Å². The van der Waals surface area contributed by atoms with Gasteiger partial charge in [-0.2, -0.15) is 0 Å². The SMILES string of the molecule is CCC(F)(CN)c1cc(F)ccc1F. The van der Waals surface area contributed by atoms with Crippen LogP contribution in [-0.2, 0) is 5.67 Å². The molecule has 0 amide bonds. The van der Waals surface area contributed by atoms with Gasteiger partial charge in [0.1, 0.15) is 11.6 Å². The minimum Gasteiger partial charge on any atom is -0.327 e. The maximum absolute atomic E-state index is 13.9. The van der Waals surface area contributed by atoms with Crippen molar-refractivity contribution >= 4 is 0 Å². The van der Waals surface area contributed by atoms with Crippen LogP contribution in [0.15, 0.2) is 18.2 Å². The Hall–Kier alpha value is -1.03. The molecular weight excluding hydrogens is 191 g/mol. The summed E-state index contributed by atoms with van der Waals surface area (Å²) >= 11 is 0. The van der Waals surface area contributed by atoms with Crippen LogP contribution in [0.3, 0.4) is 0 Å². The van der Waals surface area contributed by atoms with E-state index < -0.39 is 17.3 Å². The minimum atomic E-state index is -1.98. The highest BCUT2D eigenvalue weighted by Gasteiger charge is 2.31. The van der Waals surface area contributed by atoms with Gasteiger partial charge in [0.15, 0.2) is 5.67 Å². The molecule has 0 heterocycles. The Labute approximate surface area is 80.7 Å². The van der Waals surface area contributed by atoms with Gasteiger partial charge >= 0.3 is 0 Å². The van der Waals surface area contributed by atoms with E-state index in [1.807, 2.05) is 0 Å². The van der Waals surface area contributed by atoms with E-state index >= 15 is 0 Å². The first-order chi connectivity index (χ1) is 6.53. The normalized spacial score (nSPS) is 15.2. The Balaban J connectivity index is 3.22. The minimum absolute atomic E-state index is 0.0177. The van der Waals surface area contributed by atoms with Gasteiger partial charge in [0, 0.05) is 12.1 Å². The lowest BCUT2D eigenvalue weighted by molar-refractivity contribution is 0.162. The summed E-state index contributed by atoms with van der Waals surface area (Å²) < 4.78 is 39.8. The highest BCUT2D eigenvalue weighted by atomic mass is 19.2. The number of halogens is 3. The molecule has 1 rings (SSSR count). The van der Waals surface area contributed by atoms with Crippen LogP contribution >= 0.6 is 0 Å². The molecule has 1 unspecified atom stereocenters. The molecule has 0 aliphatic rings. The lowest BCUT2D eigenvalue weighted by Crippen LogP contribution is -2.30. The Kier molecular flexibility index (Phi) is 3.16. The Morgan fingerprint density at radius 1 is 1.36 bits per heavy atom. The van der Waals surface area contributed by atoms with Crippen LogP contribution in [0, 0.1) is 11.6 Å². The third-order valence-electron chi connectivity index (χ3n) is 2.30. The first-order valence-electron chi connectivity index (χ1n) is 4.38. The predicted molar refractivity (Wildman–Crippen MR) is 48.5 cm³/mol. The lowest BCUT2D eigenvalue weighted by Gasteiger charge is -2.22. The van der Waals surface area contributed by atoms with Crippen molar-refractivity contribution in [3.05, 3.63) is 35.4 Å². The smallest absolute Gasteiger partial charge is 0.150 e. The summed E-state index contributed by atoms with van der Waals surface area (Å²) in [6.45, 7) is 1.18. The van der Waals surface area contributed by atoms with Gasteiger partial charge in [-0.25, -0.2) is 13.2 Å². The van der Waals surface area contributed by atoms with Crippen molar-refractivity contribution in [2.75, 3.05) is 6.54 Å². The van der Waals surface area contributed by atoms with Crippen LogP contribution in [0.1, 0.15) is 18.9 Å². The molecule has 4 heteroatoms. The molecular formula is C10H12F3N. The van der Waals surface area contributed by atoms with E-state index in [1.165, 1.54) is 6.92 Å². The third kappa shape index (κ3) is 1.90. The highest BCUT2D eigenvalue weighted by molar-refractivity contribution is 5.25. The first-order valence-corrected chi connectivity index (χ1v) is 4.38. The number of rotatable bonds is 3. The van der Waals surface area contributed by atoms with E-state index in [9.17, 15) is 13.2 Å². The van der Waals surface area contributed by atoms with Gasteiger partial charge in [-0.3, -0.25) is 0 Å². The van der Waals surface area contributed by atoms with Gasteiger partial charge < -0.3 is 5.73 Å². The van der Waals surface area contributed by atoms with Gasteiger partial charge in [0.05, 0.1) is 0 Å². The average Bonchev–Trinajstić information content (AvgIpc) is 2.20. The van der Waals surface area contributed by atoms with Crippen molar-refractivity contribution in [1.82, 2.24) is 0 Å². The Morgan fingerprint density at radius 3 is 2.50 bits per heavy atom. The van der Waals surface area contributed by atoms with E-state index in [-0.39, 0.29) is 18.5 Å². The summed E-state index contributed by atoms with van der Waals surface area (Å²) in [7, 11) is 0. The molecule has 0 aromatic heterocycles. The first kappa shape index (κ1) is 11.0. The molecule has 0 bridgehead atoms. The summed E-state index contributed by atoms with van der Waals surface area (Å²) in [6.07, 6.45) is 0.0177. The van der Waals surface area contributed by atoms with Crippen molar-refractivity contribution < 1.29 is 13.2 Å².